The predicted octanol–water partition coefficient (Wildman–Crippen LogP) is 4.58. The molecule has 1 aromatic carbocycles. The van der Waals surface area contributed by atoms with Gasteiger partial charge in [-0.05, 0) is 37.3 Å². The second kappa shape index (κ2) is 7.52. The molecule has 3 heterocycles. The molecular weight excluding hydrogens is 438 g/mol. The molecule has 11 heteroatoms. The van der Waals surface area contributed by atoms with Gasteiger partial charge < -0.3 is 4.90 Å². The third-order valence-corrected chi connectivity index (χ3v) is 5.07. The first-order valence-corrected chi connectivity index (χ1v) is 9.31. The van der Waals surface area contributed by atoms with Crippen LogP contribution in [-0.2, 0) is 17.5 Å². The van der Waals surface area contributed by atoms with Gasteiger partial charge in [0.05, 0.1) is 23.3 Å². The number of aryl methyl sites for hydroxylation is 1. The van der Waals surface area contributed by atoms with E-state index in [4.69, 9.17) is 15.7 Å². The first kappa shape index (κ1) is 17.5. The maximum Gasteiger partial charge on any atom is 0.416 e. The summed E-state index contributed by atoms with van der Waals surface area (Å²) in [6, 6.07) is 4.80. The molecule has 1 amide bonds. The van der Waals surface area contributed by atoms with Crippen molar-refractivity contribution in [2.24, 2.45) is 0 Å². The van der Waals surface area contributed by atoms with Crippen LogP contribution in [0.1, 0.15) is 15.4 Å². The molecule has 0 spiro atoms. The Balaban J connectivity index is 1.82. The number of rotatable bonds is 3. The molecule has 3 aromatic rings. The van der Waals surface area contributed by atoms with Crippen LogP contribution in [0.4, 0.5) is 34.9 Å². The molecule has 0 saturated heterocycles. The fourth-order valence-electron chi connectivity index (χ4n) is 3.38. The van der Waals surface area contributed by atoms with Crippen LogP contribution < -0.4 is 9.80 Å². The third kappa shape index (κ3) is 3.83. The number of likely N-dealkylation sites (N-methyl/N-ethyl adjacent to an activating group) is 1. The van der Waals surface area contributed by atoms with Gasteiger partial charge >= 0.3 is 6.18 Å². The highest BCUT2D eigenvalue weighted by Crippen LogP contribution is 2.37. The maximum atomic E-state index is 13.7. The zero-order chi connectivity index (χ0) is 25.0. The predicted molar refractivity (Wildman–Crippen MR) is 107 cm³/mol. The van der Waals surface area contributed by atoms with E-state index in [-0.39, 0.29) is 29.6 Å². The smallest absolute Gasteiger partial charge is 0.314 e. The normalized spacial score (nSPS) is 17.7. The Kier molecular flexibility index (Phi) is 4.26. The van der Waals surface area contributed by atoms with E-state index in [0.717, 1.165) is 30.3 Å². The van der Waals surface area contributed by atoms with Crippen LogP contribution in [0, 0.1) is 12.7 Å². The number of anilines is 3. The summed E-state index contributed by atoms with van der Waals surface area (Å²) < 4.78 is 79.0. The summed E-state index contributed by atoms with van der Waals surface area (Å²) in [6.45, 7) is -1.79. The number of carbonyl (C=O) groups is 1. The highest BCUT2D eigenvalue weighted by atomic mass is 35.5. The number of hydrogen-bond donors (Lipinski definition) is 0. The Labute approximate surface area is 183 Å². The Bertz CT molecular complexity index is 1260. The lowest BCUT2D eigenvalue weighted by atomic mass is 10.1. The molecule has 0 radical (unpaired) electrons. The lowest BCUT2D eigenvalue weighted by Crippen LogP contribution is -2.45. The molecule has 0 bridgehead atoms. The SMILES string of the molecule is [2H]C([2H])([2H])N(C(=O)C1Cn2nccc2N1c1cc(C(F)(F)F)cc(C)n1)c1ccc(F)c(Cl)c1. The number of halogens is 5. The van der Waals surface area contributed by atoms with E-state index < -0.39 is 41.5 Å². The van der Waals surface area contributed by atoms with Gasteiger partial charge in [0.15, 0.2) is 0 Å². The van der Waals surface area contributed by atoms with Crippen LogP contribution in [0.3, 0.4) is 0 Å². The molecule has 162 valence electrons. The number of nitrogens with zero attached hydrogens (tertiary/aromatic N) is 5. The number of fused-ring (bicyclic) bond motifs is 1. The molecule has 4 rings (SSSR count). The molecule has 6 nitrogen and oxygen atoms in total. The summed E-state index contributed by atoms with van der Waals surface area (Å²) >= 11 is 5.79. The van der Waals surface area contributed by atoms with E-state index >= 15 is 0 Å². The first-order chi connectivity index (χ1) is 15.8. The van der Waals surface area contributed by atoms with Gasteiger partial charge in [0, 0.05) is 28.5 Å². The van der Waals surface area contributed by atoms with Gasteiger partial charge in [-0.3, -0.25) is 9.69 Å². The molecule has 1 atom stereocenters. The minimum absolute atomic E-state index is 0.0481. The third-order valence-electron chi connectivity index (χ3n) is 4.78. The zero-order valence-corrected chi connectivity index (χ0v) is 16.6. The van der Waals surface area contributed by atoms with Gasteiger partial charge in [-0.1, -0.05) is 11.6 Å². The van der Waals surface area contributed by atoms with Crippen LogP contribution in [0.2, 0.25) is 5.02 Å². The van der Waals surface area contributed by atoms with E-state index in [9.17, 15) is 22.4 Å². The number of hydrogen-bond acceptors (Lipinski definition) is 4. The Morgan fingerprint density at radius 1 is 1.29 bits per heavy atom. The maximum absolute atomic E-state index is 13.7. The number of pyridine rings is 1. The fourth-order valence-corrected chi connectivity index (χ4v) is 3.55. The van der Waals surface area contributed by atoms with Gasteiger partial charge in [-0.25, -0.2) is 14.1 Å². The number of alkyl halides is 3. The van der Waals surface area contributed by atoms with E-state index in [2.05, 4.69) is 10.1 Å². The van der Waals surface area contributed by atoms with Crippen LogP contribution in [0.5, 0.6) is 0 Å². The van der Waals surface area contributed by atoms with Crippen LogP contribution in [-0.4, -0.2) is 33.7 Å². The quantitative estimate of drug-likeness (QED) is 0.541. The molecule has 0 aliphatic carbocycles. The summed E-state index contributed by atoms with van der Waals surface area (Å²) in [5, 5.41) is 3.66. The van der Waals surface area contributed by atoms with Gasteiger partial charge in [-0.15, -0.1) is 0 Å². The van der Waals surface area contributed by atoms with Crippen molar-refractivity contribution < 1.29 is 26.5 Å². The van der Waals surface area contributed by atoms with Crippen molar-refractivity contribution in [2.45, 2.75) is 25.7 Å². The standard InChI is InChI=1S/C20H16ClF4N5O/c1-11-7-12(20(23,24)25)8-17(27-11)30-16(10-29-18(30)5-6-26-29)19(31)28(2)13-3-4-15(22)14(21)9-13/h3-9,16H,10H2,1-2H3/i2D3. The van der Waals surface area contributed by atoms with Gasteiger partial charge in [0.25, 0.3) is 5.91 Å². The average molecular weight is 457 g/mol. The van der Waals surface area contributed by atoms with Crippen molar-refractivity contribution in [3.63, 3.8) is 0 Å². The minimum atomic E-state index is -4.67. The average Bonchev–Trinajstić information content (AvgIpc) is 3.29. The first-order valence-electron chi connectivity index (χ1n) is 10.4. The summed E-state index contributed by atoms with van der Waals surface area (Å²) in [7, 11) is 0. The molecule has 0 fully saturated rings. The van der Waals surface area contributed by atoms with Crippen LogP contribution in [0.25, 0.3) is 0 Å². The monoisotopic (exact) mass is 456 g/mol. The molecule has 1 aliphatic rings. The lowest BCUT2D eigenvalue weighted by molar-refractivity contribution is -0.137. The Morgan fingerprint density at radius 3 is 2.74 bits per heavy atom. The van der Waals surface area contributed by atoms with E-state index in [0.29, 0.717) is 4.90 Å². The van der Waals surface area contributed by atoms with Crippen LogP contribution >= 0.6 is 11.6 Å². The number of aromatic nitrogens is 3. The van der Waals surface area contributed by atoms with E-state index in [1.54, 1.807) is 0 Å². The molecule has 2 aromatic heterocycles. The van der Waals surface area contributed by atoms with Crippen LogP contribution in [0.15, 0.2) is 42.6 Å². The fraction of sp³-hybridized carbons (Fsp3) is 0.250. The Morgan fingerprint density at radius 2 is 2.06 bits per heavy atom. The summed E-state index contributed by atoms with van der Waals surface area (Å²) in [4.78, 5) is 19.4. The van der Waals surface area contributed by atoms with Crippen molar-refractivity contribution in [1.29, 1.82) is 0 Å². The topological polar surface area (TPSA) is 54.3 Å². The highest BCUT2D eigenvalue weighted by molar-refractivity contribution is 6.31. The number of carbonyl (C=O) groups excluding carboxylic acids is 1. The van der Waals surface area contributed by atoms with Crippen molar-refractivity contribution in [2.75, 3.05) is 16.8 Å². The summed E-state index contributed by atoms with van der Waals surface area (Å²) in [5.41, 5.74) is -1.13. The second-order valence-corrected chi connectivity index (χ2v) is 7.29. The van der Waals surface area contributed by atoms with Gasteiger partial charge in [0.1, 0.15) is 23.5 Å². The van der Waals surface area contributed by atoms with Crippen molar-refractivity contribution >= 4 is 34.8 Å². The second-order valence-electron chi connectivity index (χ2n) is 6.88. The lowest BCUT2D eigenvalue weighted by Gasteiger charge is -2.28. The molecule has 1 unspecified atom stereocenters. The molecule has 31 heavy (non-hydrogen) atoms. The highest BCUT2D eigenvalue weighted by Gasteiger charge is 2.40. The van der Waals surface area contributed by atoms with Gasteiger partial charge in [-0.2, -0.15) is 18.3 Å². The van der Waals surface area contributed by atoms with E-state index in [1.807, 2.05) is 0 Å². The number of amides is 1. The van der Waals surface area contributed by atoms with Gasteiger partial charge in [0.2, 0.25) is 0 Å². The molecular formula is C20H16ClF4N5O. The van der Waals surface area contributed by atoms with Crippen molar-refractivity contribution in [3.05, 3.63) is 64.7 Å². The zero-order valence-electron chi connectivity index (χ0n) is 18.9. The molecule has 0 N–H and O–H groups in total. The van der Waals surface area contributed by atoms with Crippen molar-refractivity contribution in [1.82, 2.24) is 14.8 Å². The summed E-state index contributed by atoms with van der Waals surface area (Å²) in [5.74, 6) is -1.74. The number of benzene rings is 1. The largest absolute Gasteiger partial charge is 0.416 e. The minimum Gasteiger partial charge on any atom is -0.314 e. The van der Waals surface area contributed by atoms with Crippen molar-refractivity contribution in [3.8, 4) is 0 Å². The molecule has 1 aliphatic heterocycles. The summed E-state index contributed by atoms with van der Waals surface area (Å²) in [6.07, 6.45) is -3.28. The molecule has 0 saturated carbocycles. The Hall–Kier alpha value is -3.14. The van der Waals surface area contributed by atoms with E-state index in [1.165, 1.54) is 28.8 Å².